The van der Waals surface area contributed by atoms with Gasteiger partial charge in [0, 0.05) is 18.9 Å². The van der Waals surface area contributed by atoms with Gasteiger partial charge in [-0.05, 0) is 19.4 Å². The molecule has 0 aliphatic carbocycles. The van der Waals surface area contributed by atoms with E-state index in [1.54, 1.807) is 6.20 Å². The molecule has 0 N–H and O–H groups in total. The monoisotopic (exact) mass is 152 g/mol. The maximum absolute atomic E-state index is 5.25. The second kappa shape index (κ2) is 2.34. The number of hydrogen-bond donors (Lipinski definition) is 0. The molecule has 2 rings (SSSR count). The molecule has 1 aliphatic heterocycles. The van der Waals surface area contributed by atoms with Crippen molar-refractivity contribution in [2.45, 2.75) is 25.5 Å². The molecule has 0 spiro atoms. The van der Waals surface area contributed by atoms with Crippen molar-refractivity contribution in [1.29, 1.82) is 0 Å². The number of hydrogen-bond acceptors (Lipinski definition) is 2. The van der Waals surface area contributed by atoms with Crippen molar-refractivity contribution in [3.05, 3.63) is 18.5 Å². The summed E-state index contributed by atoms with van der Waals surface area (Å²) < 4.78 is 7.19. The van der Waals surface area contributed by atoms with Crippen LogP contribution in [-0.4, -0.2) is 22.0 Å². The molecule has 3 nitrogen and oxygen atoms in total. The lowest BCUT2D eigenvalue weighted by Crippen LogP contribution is -2.10. The van der Waals surface area contributed by atoms with E-state index in [2.05, 4.69) is 12.0 Å². The Bertz CT molecular complexity index is 226. The molecule has 60 valence electrons. The Morgan fingerprint density at radius 3 is 3.09 bits per heavy atom. The van der Waals surface area contributed by atoms with Gasteiger partial charge in [-0.3, -0.25) is 4.68 Å². The van der Waals surface area contributed by atoms with Gasteiger partial charge in [-0.1, -0.05) is 0 Å². The summed E-state index contributed by atoms with van der Waals surface area (Å²) in [5.41, 5.74) is 0.159. The normalized spacial score (nSPS) is 28.8. The first kappa shape index (κ1) is 6.85. The van der Waals surface area contributed by atoms with Gasteiger partial charge in [0.25, 0.3) is 0 Å². The molecule has 1 aromatic rings. The zero-order valence-electron chi connectivity index (χ0n) is 6.66. The Kier molecular flexibility index (Phi) is 1.46. The highest BCUT2D eigenvalue weighted by Crippen LogP contribution is 2.29. The van der Waals surface area contributed by atoms with E-state index in [1.165, 1.54) is 0 Å². The van der Waals surface area contributed by atoms with Gasteiger partial charge >= 0.3 is 0 Å². The molecule has 0 saturated carbocycles. The Morgan fingerprint density at radius 2 is 2.55 bits per heavy atom. The number of aromatic nitrogens is 2. The number of epoxide rings is 1. The fourth-order valence-electron chi connectivity index (χ4n) is 1.05. The van der Waals surface area contributed by atoms with E-state index in [0.717, 1.165) is 19.6 Å². The highest BCUT2D eigenvalue weighted by molar-refractivity contribution is 4.87. The van der Waals surface area contributed by atoms with Gasteiger partial charge in [0.1, 0.15) is 0 Å². The lowest BCUT2D eigenvalue weighted by Gasteiger charge is -2.03. The Morgan fingerprint density at radius 1 is 1.73 bits per heavy atom. The molecule has 11 heavy (non-hydrogen) atoms. The summed E-state index contributed by atoms with van der Waals surface area (Å²) in [4.78, 5) is 0. The SMILES string of the molecule is CC1(CCn2cccn2)CO1. The summed E-state index contributed by atoms with van der Waals surface area (Å²) in [6.07, 6.45) is 4.84. The van der Waals surface area contributed by atoms with E-state index in [0.29, 0.717) is 0 Å². The molecule has 1 aliphatic rings. The van der Waals surface area contributed by atoms with Crippen LogP contribution in [0.2, 0.25) is 0 Å². The molecule has 0 bridgehead atoms. The summed E-state index contributed by atoms with van der Waals surface area (Å²) in [6, 6.07) is 1.94. The van der Waals surface area contributed by atoms with Gasteiger partial charge in [0.2, 0.25) is 0 Å². The first-order valence-corrected chi connectivity index (χ1v) is 3.90. The average molecular weight is 152 g/mol. The molecule has 3 heteroatoms. The smallest absolute Gasteiger partial charge is 0.0906 e. The van der Waals surface area contributed by atoms with E-state index in [4.69, 9.17) is 4.74 Å². The highest BCUT2D eigenvalue weighted by atomic mass is 16.6. The predicted octanol–water partition coefficient (Wildman–Crippen LogP) is 1.06. The topological polar surface area (TPSA) is 30.4 Å². The minimum atomic E-state index is 0.159. The highest BCUT2D eigenvalue weighted by Gasteiger charge is 2.38. The number of nitrogens with zero attached hydrogens (tertiary/aromatic N) is 2. The molecule has 0 radical (unpaired) electrons. The Balaban J connectivity index is 1.83. The molecular formula is C8H12N2O. The van der Waals surface area contributed by atoms with Crippen molar-refractivity contribution in [3.8, 4) is 0 Å². The van der Waals surface area contributed by atoms with Crippen LogP contribution in [0.25, 0.3) is 0 Å². The van der Waals surface area contributed by atoms with E-state index in [9.17, 15) is 0 Å². The van der Waals surface area contributed by atoms with Crippen LogP contribution in [0, 0.1) is 0 Å². The predicted molar refractivity (Wildman–Crippen MR) is 41.2 cm³/mol. The lowest BCUT2D eigenvalue weighted by molar-refractivity contribution is 0.294. The molecule has 1 aromatic heterocycles. The molecular weight excluding hydrogens is 140 g/mol. The zero-order valence-corrected chi connectivity index (χ0v) is 6.66. The fraction of sp³-hybridized carbons (Fsp3) is 0.625. The van der Waals surface area contributed by atoms with Crippen molar-refractivity contribution in [1.82, 2.24) is 9.78 Å². The Labute approximate surface area is 66.0 Å². The third-order valence-corrected chi connectivity index (χ3v) is 2.07. The minimum Gasteiger partial charge on any atom is -0.370 e. The van der Waals surface area contributed by atoms with E-state index < -0.39 is 0 Å². The van der Waals surface area contributed by atoms with E-state index in [1.807, 2.05) is 16.9 Å². The molecule has 2 heterocycles. The minimum absolute atomic E-state index is 0.159. The van der Waals surface area contributed by atoms with Crippen LogP contribution in [0.5, 0.6) is 0 Å². The quantitative estimate of drug-likeness (QED) is 0.606. The average Bonchev–Trinajstić information content (AvgIpc) is 2.53. The van der Waals surface area contributed by atoms with Crippen molar-refractivity contribution in [2.75, 3.05) is 6.61 Å². The lowest BCUT2D eigenvalue weighted by atomic mass is 10.1. The molecule has 1 fully saturated rings. The molecule has 1 atom stereocenters. The third-order valence-electron chi connectivity index (χ3n) is 2.07. The van der Waals surface area contributed by atoms with Gasteiger partial charge in [-0.25, -0.2) is 0 Å². The number of ether oxygens (including phenoxy) is 1. The maximum Gasteiger partial charge on any atom is 0.0906 e. The summed E-state index contributed by atoms with van der Waals surface area (Å²) in [5.74, 6) is 0. The largest absolute Gasteiger partial charge is 0.370 e. The summed E-state index contributed by atoms with van der Waals surface area (Å²) in [6.45, 7) is 4.01. The van der Waals surface area contributed by atoms with E-state index in [-0.39, 0.29) is 5.60 Å². The summed E-state index contributed by atoms with van der Waals surface area (Å²) >= 11 is 0. The summed E-state index contributed by atoms with van der Waals surface area (Å²) in [5, 5.41) is 4.11. The van der Waals surface area contributed by atoms with Gasteiger partial charge in [-0.15, -0.1) is 0 Å². The standard InChI is InChI=1S/C8H12N2O/c1-8(7-11-8)3-6-10-5-2-4-9-10/h2,4-5H,3,6-7H2,1H3. The zero-order chi connectivity index (χ0) is 7.73. The van der Waals surface area contributed by atoms with Crippen LogP contribution < -0.4 is 0 Å². The van der Waals surface area contributed by atoms with E-state index >= 15 is 0 Å². The molecule has 0 amide bonds. The van der Waals surface area contributed by atoms with Crippen LogP contribution >= 0.6 is 0 Å². The number of rotatable bonds is 3. The van der Waals surface area contributed by atoms with Gasteiger partial charge in [0.05, 0.1) is 12.2 Å². The summed E-state index contributed by atoms with van der Waals surface area (Å²) in [7, 11) is 0. The van der Waals surface area contributed by atoms with Crippen LogP contribution in [0.4, 0.5) is 0 Å². The van der Waals surface area contributed by atoms with Crippen molar-refractivity contribution >= 4 is 0 Å². The van der Waals surface area contributed by atoms with Gasteiger partial charge in [0.15, 0.2) is 0 Å². The van der Waals surface area contributed by atoms with Crippen LogP contribution in [0.3, 0.4) is 0 Å². The van der Waals surface area contributed by atoms with Crippen LogP contribution in [-0.2, 0) is 11.3 Å². The number of aryl methyl sites for hydroxylation is 1. The van der Waals surface area contributed by atoms with Crippen LogP contribution in [0.15, 0.2) is 18.5 Å². The van der Waals surface area contributed by atoms with Crippen LogP contribution in [0.1, 0.15) is 13.3 Å². The molecule has 1 saturated heterocycles. The van der Waals surface area contributed by atoms with Gasteiger partial charge in [-0.2, -0.15) is 5.10 Å². The van der Waals surface area contributed by atoms with Gasteiger partial charge < -0.3 is 4.74 Å². The van der Waals surface area contributed by atoms with Crippen molar-refractivity contribution in [2.24, 2.45) is 0 Å². The first-order valence-electron chi connectivity index (χ1n) is 3.90. The third kappa shape index (κ3) is 1.60. The first-order chi connectivity index (χ1) is 5.29. The van der Waals surface area contributed by atoms with Crippen molar-refractivity contribution < 1.29 is 4.74 Å². The molecule has 0 aromatic carbocycles. The fourth-order valence-corrected chi connectivity index (χ4v) is 1.05. The molecule has 1 unspecified atom stereocenters. The maximum atomic E-state index is 5.25. The second-order valence-electron chi connectivity index (χ2n) is 3.26. The van der Waals surface area contributed by atoms with Crippen molar-refractivity contribution in [3.63, 3.8) is 0 Å². The Hall–Kier alpha value is -0.830. The second-order valence-corrected chi connectivity index (χ2v) is 3.26.